The molecule has 2 aliphatic rings. The number of amides is 2. The molecule has 1 saturated carbocycles. The van der Waals surface area contributed by atoms with Crippen LogP contribution in [0.25, 0.3) is 10.8 Å². The van der Waals surface area contributed by atoms with Crippen molar-refractivity contribution < 1.29 is 23.8 Å². The van der Waals surface area contributed by atoms with Crippen molar-refractivity contribution in [2.24, 2.45) is 0 Å². The Morgan fingerprint density at radius 1 is 1.00 bits per heavy atom. The quantitative estimate of drug-likeness (QED) is 0.321. The van der Waals surface area contributed by atoms with Crippen LogP contribution in [0.4, 0.5) is 16.2 Å². The summed E-state index contributed by atoms with van der Waals surface area (Å²) in [7, 11) is 1.37. The molecule has 0 bridgehead atoms. The minimum absolute atomic E-state index is 0.00983. The van der Waals surface area contributed by atoms with Gasteiger partial charge in [0.2, 0.25) is 0 Å². The Morgan fingerprint density at radius 2 is 1.72 bits per heavy atom. The van der Waals surface area contributed by atoms with Gasteiger partial charge in [-0.3, -0.25) is 4.90 Å². The van der Waals surface area contributed by atoms with E-state index in [1.165, 1.54) is 37.7 Å². The summed E-state index contributed by atoms with van der Waals surface area (Å²) in [5, 5.41) is 7.70. The number of nitrogens with one attached hydrogen (secondary N) is 2. The van der Waals surface area contributed by atoms with E-state index in [4.69, 9.17) is 14.2 Å². The molecule has 0 unspecified atom stereocenters. The van der Waals surface area contributed by atoms with Gasteiger partial charge in [0.15, 0.2) is 0 Å². The summed E-state index contributed by atoms with van der Waals surface area (Å²) in [6.07, 6.45) is 5.74. The number of benzene rings is 2. The van der Waals surface area contributed by atoms with Gasteiger partial charge in [-0.05, 0) is 31.0 Å². The van der Waals surface area contributed by atoms with Crippen LogP contribution in [0, 0.1) is 0 Å². The van der Waals surface area contributed by atoms with Gasteiger partial charge in [-0.1, -0.05) is 50.5 Å². The maximum absolute atomic E-state index is 13.2. The average Bonchev–Trinajstić information content (AvgIpc) is 3.39. The minimum atomic E-state index is -0.440. The number of nitrogens with zero attached hydrogens (tertiary/aromatic N) is 1. The van der Waals surface area contributed by atoms with Crippen LogP contribution in [0.2, 0.25) is 0 Å². The zero-order chi connectivity index (χ0) is 27.2. The monoisotopic (exact) mass is 551 g/mol. The molecule has 1 aromatic heterocycles. The lowest BCUT2D eigenvalue weighted by molar-refractivity contribution is 0.0323. The molecule has 0 radical (unpaired) electrons. The highest BCUT2D eigenvalue weighted by molar-refractivity contribution is 7.14. The first-order valence-corrected chi connectivity index (χ1v) is 14.5. The van der Waals surface area contributed by atoms with Crippen molar-refractivity contribution in [1.29, 1.82) is 0 Å². The highest BCUT2D eigenvalue weighted by Gasteiger charge is 2.33. The number of hydrogen-bond donors (Lipinski definition) is 2. The second-order valence-electron chi connectivity index (χ2n) is 10.5. The predicted molar refractivity (Wildman–Crippen MR) is 155 cm³/mol. The summed E-state index contributed by atoms with van der Waals surface area (Å²) in [5.74, 6) is 0.339. The number of methoxy groups -OCH3 is 1. The lowest BCUT2D eigenvalue weighted by atomic mass is 9.75. The molecule has 1 aliphatic heterocycles. The Hall–Kier alpha value is -3.14. The molecule has 5 rings (SSSR count). The minimum Gasteiger partial charge on any atom is -0.492 e. The number of carbonyl (C=O) groups is 2. The van der Waals surface area contributed by atoms with E-state index in [-0.39, 0.29) is 5.41 Å². The van der Waals surface area contributed by atoms with E-state index in [1.54, 1.807) is 0 Å². The number of esters is 1. The lowest BCUT2D eigenvalue weighted by Gasteiger charge is -2.32. The summed E-state index contributed by atoms with van der Waals surface area (Å²) < 4.78 is 16.6. The molecule has 208 valence electrons. The first kappa shape index (κ1) is 27.4. The van der Waals surface area contributed by atoms with Gasteiger partial charge in [0, 0.05) is 40.7 Å². The number of thiophene rings is 1. The molecule has 2 amide bonds. The van der Waals surface area contributed by atoms with E-state index in [9.17, 15) is 9.59 Å². The van der Waals surface area contributed by atoms with Crippen LogP contribution in [0.5, 0.6) is 5.75 Å². The largest absolute Gasteiger partial charge is 0.492 e. The Morgan fingerprint density at radius 3 is 2.46 bits per heavy atom. The van der Waals surface area contributed by atoms with Crippen molar-refractivity contribution in [2.45, 2.75) is 44.4 Å². The van der Waals surface area contributed by atoms with Gasteiger partial charge in [-0.15, -0.1) is 11.3 Å². The summed E-state index contributed by atoms with van der Waals surface area (Å²) >= 11 is 1.42. The maximum atomic E-state index is 13.2. The van der Waals surface area contributed by atoms with Crippen LogP contribution in [-0.2, 0) is 14.9 Å². The Kier molecular flexibility index (Phi) is 8.69. The van der Waals surface area contributed by atoms with Crippen molar-refractivity contribution in [2.75, 3.05) is 57.2 Å². The number of ether oxygens (including phenoxy) is 3. The third kappa shape index (κ3) is 6.37. The highest BCUT2D eigenvalue weighted by atomic mass is 32.1. The third-order valence-corrected chi connectivity index (χ3v) is 9.23. The third-order valence-electron chi connectivity index (χ3n) is 7.80. The highest BCUT2D eigenvalue weighted by Crippen LogP contribution is 2.44. The summed E-state index contributed by atoms with van der Waals surface area (Å²) in [6, 6.07) is 13.1. The van der Waals surface area contributed by atoms with Gasteiger partial charge < -0.3 is 24.8 Å². The molecule has 3 aromatic rings. The molecule has 2 heterocycles. The summed E-state index contributed by atoms with van der Waals surface area (Å²) in [4.78, 5) is 29.6. The second kappa shape index (κ2) is 12.4. The average molecular weight is 552 g/mol. The van der Waals surface area contributed by atoms with Gasteiger partial charge in [0.1, 0.15) is 17.2 Å². The number of morpholine rings is 1. The number of anilines is 2. The fourth-order valence-electron chi connectivity index (χ4n) is 5.50. The first-order valence-electron chi connectivity index (χ1n) is 13.7. The van der Waals surface area contributed by atoms with Gasteiger partial charge in [0.25, 0.3) is 0 Å². The second-order valence-corrected chi connectivity index (χ2v) is 11.6. The van der Waals surface area contributed by atoms with Crippen molar-refractivity contribution in [3.63, 3.8) is 0 Å². The van der Waals surface area contributed by atoms with Crippen molar-refractivity contribution >= 4 is 45.5 Å². The number of fused-ring (bicyclic) bond motifs is 1. The fourth-order valence-corrected chi connectivity index (χ4v) is 6.73. The topological polar surface area (TPSA) is 89.1 Å². The van der Waals surface area contributed by atoms with Crippen molar-refractivity contribution in [3.8, 4) is 5.75 Å². The zero-order valence-electron chi connectivity index (χ0n) is 22.7. The SMILES string of the molecule is COC(=O)c1sc(C2(C)CCCCC2)cc1NC(=O)Nc1ccc(OCCN2CCOCC2)c2ccccc12. The van der Waals surface area contributed by atoms with E-state index in [0.29, 0.717) is 22.9 Å². The van der Waals surface area contributed by atoms with Crippen LogP contribution in [0.15, 0.2) is 42.5 Å². The maximum Gasteiger partial charge on any atom is 0.350 e. The summed E-state index contributed by atoms with van der Waals surface area (Å²) in [5.41, 5.74) is 1.16. The molecular weight excluding hydrogens is 514 g/mol. The van der Waals surface area contributed by atoms with Gasteiger partial charge in [-0.25, -0.2) is 9.59 Å². The van der Waals surface area contributed by atoms with Crippen LogP contribution in [0.1, 0.15) is 53.6 Å². The van der Waals surface area contributed by atoms with E-state index >= 15 is 0 Å². The van der Waals surface area contributed by atoms with Crippen molar-refractivity contribution in [3.05, 3.63) is 52.2 Å². The summed E-state index contributed by atoms with van der Waals surface area (Å²) in [6.45, 7) is 7.03. The van der Waals surface area contributed by atoms with Gasteiger partial charge in [-0.2, -0.15) is 0 Å². The molecule has 9 heteroatoms. The van der Waals surface area contributed by atoms with Crippen LogP contribution >= 0.6 is 11.3 Å². The molecular formula is C30H37N3O5S. The molecule has 1 aliphatic carbocycles. The van der Waals surface area contributed by atoms with Crippen LogP contribution < -0.4 is 15.4 Å². The Labute approximate surface area is 233 Å². The smallest absolute Gasteiger partial charge is 0.350 e. The number of hydrogen-bond acceptors (Lipinski definition) is 7. The Bertz CT molecular complexity index is 1310. The standard InChI is InChI=1S/C30H37N3O5S/c1-30(12-6-3-7-13-30)26-20-24(27(39-26)28(34)36-2)32-29(35)31-23-10-11-25(22-9-5-4-8-21(22)23)38-19-16-33-14-17-37-18-15-33/h4-5,8-11,20H,3,6-7,12-19H2,1-2H3,(H2,31,32,35). The molecule has 1 saturated heterocycles. The van der Waals surface area contributed by atoms with E-state index < -0.39 is 12.0 Å². The lowest BCUT2D eigenvalue weighted by Crippen LogP contribution is -2.38. The van der Waals surface area contributed by atoms with E-state index in [0.717, 1.165) is 67.1 Å². The van der Waals surface area contributed by atoms with Gasteiger partial charge in [0.05, 0.1) is 31.7 Å². The van der Waals surface area contributed by atoms with Crippen LogP contribution in [-0.4, -0.2) is 63.5 Å². The number of rotatable bonds is 8. The molecule has 2 aromatic carbocycles. The first-order chi connectivity index (χ1) is 19.0. The van der Waals surface area contributed by atoms with Crippen molar-refractivity contribution in [1.82, 2.24) is 4.90 Å². The molecule has 8 nitrogen and oxygen atoms in total. The predicted octanol–water partition coefficient (Wildman–Crippen LogP) is 6.26. The van der Waals surface area contributed by atoms with Crippen LogP contribution in [0.3, 0.4) is 0 Å². The molecule has 0 atom stereocenters. The molecule has 0 spiro atoms. The molecule has 2 fully saturated rings. The van der Waals surface area contributed by atoms with E-state index in [2.05, 4.69) is 22.5 Å². The Balaban J connectivity index is 1.30. The van der Waals surface area contributed by atoms with E-state index in [1.807, 2.05) is 42.5 Å². The molecule has 2 N–H and O–H groups in total. The fraction of sp³-hybridized carbons (Fsp3) is 0.467. The van der Waals surface area contributed by atoms with Gasteiger partial charge >= 0.3 is 12.0 Å². The zero-order valence-corrected chi connectivity index (χ0v) is 23.5. The number of urea groups is 1. The normalized spacial score (nSPS) is 17.5. The molecule has 39 heavy (non-hydrogen) atoms. The number of carbonyl (C=O) groups excluding carboxylic acids is 2.